The monoisotopic (exact) mass is 313 g/mol. The quantitative estimate of drug-likeness (QED) is 0.777. The van der Waals surface area contributed by atoms with Gasteiger partial charge in [0.2, 0.25) is 0 Å². The SMILES string of the molecule is Cc1c(C(=O)NCCc2ccccc2)oc2ccc(Cl)cc12. The van der Waals surface area contributed by atoms with Gasteiger partial charge in [0.1, 0.15) is 5.58 Å². The summed E-state index contributed by atoms with van der Waals surface area (Å²) in [5.41, 5.74) is 2.68. The van der Waals surface area contributed by atoms with Crippen molar-refractivity contribution >= 4 is 28.5 Å². The van der Waals surface area contributed by atoms with Crippen LogP contribution in [0.5, 0.6) is 0 Å². The lowest BCUT2D eigenvalue weighted by atomic mass is 10.1. The van der Waals surface area contributed by atoms with Gasteiger partial charge < -0.3 is 9.73 Å². The number of hydrogen-bond acceptors (Lipinski definition) is 2. The van der Waals surface area contributed by atoms with Crippen LogP contribution >= 0.6 is 11.6 Å². The minimum absolute atomic E-state index is 0.194. The van der Waals surface area contributed by atoms with E-state index in [9.17, 15) is 4.79 Å². The molecule has 22 heavy (non-hydrogen) atoms. The molecule has 4 heteroatoms. The lowest BCUT2D eigenvalue weighted by Gasteiger charge is -2.04. The van der Waals surface area contributed by atoms with Gasteiger partial charge in [-0.3, -0.25) is 4.79 Å². The maximum atomic E-state index is 12.3. The van der Waals surface area contributed by atoms with Crippen LogP contribution in [0.25, 0.3) is 11.0 Å². The molecule has 3 rings (SSSR count). The van der Waals surface area contributed by atoms with Crippen molar-refractivity contribution < 1.29 is 9.21 Å². The zero-order chi connectivity index (χ0) is 15.5. The van der Waals surface area contributed by atoms with Crippen LogP contribution in [0.1, 0.15) is 21.7 Å². The van der Waals surface area contributed by atoms with Crippen LogP contribution in [0.15, 0.2) is 52.9 Å². The number of carbonyl (C=O) groups is 1. The number of furan rings is 1. The highest BCUT2D eigenvalue weighted by Crippen LogP contribution is 2.27. The van der Waals surface area contributed by atoms with Gasteiger partial charge in [-0.05, 0) is 37.1 Å². The van der Waals surface area contributed by atoms with Crippen molar-refractivity contribution in [3.63, 3.8) is 0 Å². The second kappa shape index (κ2) is 6.24. The second-order valence-corrected chi connectivity index (χ2v) is 5.62. The number of hydrogen-bond donors (Lipinski definition) is 1. The van der Waals surface area contributed by atoms with Crippen molar-refractivity contribution in [3.05, 3.63) is 70.4 Å². The molecule has 1 aromatic heterocycles. The van der Waals surface area contributed by atoms with Crippen LogP contribution in [0, 0.1) is 6.92 Å². The standard InChI is InChI=1S/C18H16ClNO2/c1-12-15-11-14(19)7-8-16(15)22-17(12)18(21)20-10-9-13-5-3-2-4-6-13/h2-8,11H,9-10H2,1H3,(H,20,21). The van der Waals surface area contributed by atoms with Crippen LogP contribution in [0.2, 0.25) is 5.02 Å². The van der Waals surface area contributed by atoms with Crippen LogP contribution in [0.4, 0.5) is 0 Å². The molecule has 0 radical (unpaired) electrons. The van der Waals surface area contributed by atoms with Gasteiger partial charge in [-0.25, -0.2) is 0 Å². The molecule has 2 aromatic carbocycles. The molecule has 0 aliphatic heterocycles. The molecule has 0 atom stereocenters. The minimum Gasteiger partial charge on any atom is -0.451 e. The fourth-order valence-electron chi connectivity index (χ4n) is 2.46. The Kier molecular flexibility index (Phi) is 4.16. The number of benzene rings is 2. The summed E-state index contributed by atoms with van der Waals surface area (Å²) in [7, 11) is 0. The number of fused-ring (bicyclic) bond motifs is 1. The Bertz CT molecular complexity index is 809. The predicted molar refractivity (Wildman–Crippen MR) is 88.4 cm³/mol. The molecular weight excluding hydrogens is 298 g/mol. The maximum Gasteiger partial charge on any atom is 0.287 e. The zero-order valence-electron chi connectivity index (χ0n) is 12.2. The Morgan fingerprint density at radius 2 is 1.95 bits per heavy atom. The molecule has 3 nitrogen and oxygen atoms in total. The van der Waals surface area contributed by atoms with E-state index in [-0.39, 0.29) is 5.91 Å². The van der Waals surface area contributed by atoms with E-state index in [1.165, 1.54) is 5.56 Å². The maximum absolute atomic E-state index is 12.3. The fourth-order valence-corrected chi connectivity index (χ4v) is 2.63. The number of rotatable bonds is 4. The van der Waals surface area contributed by atoms with Gasteiger partial charge in [0, 0.05) is 22.5 Å². The van der Waals surface area contributed by atoms with Crippen LogP contribution in [-0.2, 0) is 6.42 Å². The van der Waals surface area contributed by atoms with Crippen molar-refractivity contribution in [1.29, 1.82) is 0 Å². The summed E-state index contributed by atoms with van der Waals surface area (Å²) >= 11 is 5.99. The van der Waals surface area contributed by atoms with Crippen LogP contribution in [0.3, 0.4) is 0 Å². The van der Waals surface area contributed by atoms with E-state index >= 15 is 0 Å². The Hall–Kier alpha value is -2.26. The molecule has 0 fully saturated rings. The first kappa shape index (κ1) is 14.7. The van der Waals surface area contributed by atoms with E-state index in [4.69, 9.17) is 16.0 Å². The highest BCUT2D eigenvalue weighted by molar-refractivity contribution is 6.31. The molecule has 0 aliphatic carbocycles. The Labute approximate surface area is 133 Å². The molecule has 0 saturated heterocycles. The Morgan fingerprint density at radius 3 is 2.73 bits per heavy atom. The van der Waals surface area contributed by atoms with E-state index in [1.54, 1.807) is 12.1 Å². The first-order chi connectivity index (χ1) is 10.6. The van der Waals surface area contributed by atoms with Gasteiger partial charge in [-0.15, -0.1) is 0 Å². The lowest BCUT2D eigenvalue weighted by molar-refractivity contribution is 0.0928. The van der Waals surface area contributed by atoms with Crippen molar-refractivity contribution in [2.45, 2.75) is 13.3 Å². The molecular formula is C18H16ClNO2. The molecule has 0 aliphatic rings. The molecule has 1 heterocycles. The van der Waals surface area contributed by atoms with Gasteiger partial charge in [-0.1, -0.05) is 41.9 Å². The first-order valence-electron chi connectivity index (χ1n) is 7.16. The van der Waals surface area contributed by atoms with Crippen molar-refractivity contribution in [1.82, 2.24) is 5.32 Å². The van der Waals surface area contributed by atoms with E-state index in [1.807, 2.05) is 43.3 Å². The fraction of sp³-hybridized carbons (Fsp3) is 0.167. The van der Waals surface area contributed by atoms with Gasteiger partial charge in [0.05, 0.1) is 0 Å². The summed E-state index contributed by atoms with van der Waals surface area (Å²) in [5, 5.41) is 4.41. The third-order valence-corrected chi connectivity index (χ3v) is 3.88. The van der Waals surface area contributed by atoms with E-state index < -0.39 is 0 Å². The van der Waals surface area contributed by atoms with Crippen molar-refractivity contribution in [2.24, 2.45) is 0 Å². The summed E-state index contributed by atoms with van der Waals surface area (Å²) in [6, 6.07) is 15.4. The third kappa shape index (κ3) is 3.00. The first-order valence-corrected chi connectivity index (χ1v) is 7.54. The molecule has 3 aromatic rings. The molecule has 0 spiro atoms. The number of nitrogens with one attached hydrogen (secondary N) is 1. The second-order valence-electron chi connectivity index (χ2n) is 5.19. The number of carbonyl (C=O) groups excluding carboxylic acids is 1. The number of amides is 1. The third-order valence-electron chi connectivity index (χ3n) is 3.65. The number of aryl methyl sites for hydroxylation is 1. The normalized spacial score (nSPS) is 10.8. The molecule has 0 saturated carbocycles. The zero-order valence-corrected chi connectivity index (χ0v) is 13.0. The number of halogens is 1. The van der Waals surface area contributed by atoms with Gasteiger partial charge in [0.25, 0.3) is 5.91 Å². The van der Waals surface area contributed by atoms with Gasteiger partial charge in [-0.2, -0.15) is 0 Å². The predicted octanol–water partition coefficient (Wildman–Crippen LogP) is 4.37. The van der Waals surface area contributed by atoms with E-state index in [0.29, 0.717) is 22.9 Å². The summed E-state index contributed by atoms with van der Waals surface area (Å²) in [6.45, 7) is 2.44. The van der Waals surface area contributed by atoms with Crippen molar-refractivity contribution in [3.8, 4) is 0 Å². The van der Waals surface area contributed by atoms with Crippen LogP contribution < -0.4 is 5.32 Å². The summed E-state index contributed by atoms with van der Waals surface area (Å²) in [5.74, 6) is 0.158. The van der Waals surface area contributed by atoms with Crippen molar-refractivity contribution in [2.75, 3.05) is 6.54 Å². The van der Waals surface area contributed by atoms with Gasteiger partial charge in [0.15, 0.2) is 5.76 Å². The molecule has 1 amide bonds. The smallest absolute Gasteiger partial charge is 0.287 e. The van der Waals surface area contributed by atoms with Crippen LogP contribution in [-0.4, -0.2) is 12.5 Å². The average molecular weight is 314 g/mol. The van der Waals surface area contributed by atoms with E-state index in [2.05, 4.69) is 5.32 Å². The molecule has 0 unspecified atom stereocenters. The lowest BCUT2D eigenvalue weighted by Crippen LogP contribution is -2.25. The summed E-state index contributed by atoms with van der Waals surface area (Å²) < 4.78 is 5.65. The average Bonchev–Trinajstić information content (AvgIpc) is 2.85. The highest BCUT2D eigenvalue weighted by Gasteiger charge is 2.17. The summed E-state index contributed by atoms with van der Waals surface area (Å²) in [6.07, 6.45) is 0.789. The molecule has 1 N–H and O–H groups in total. The largest absolute Gasteiger partial charge is 0.451 e. The molecule has 112 valence electrons. The topological polar surface area (TPSA) is 42.2 Å². The Morgan fingerprint density at radius 1 is 1.18 bits per heavy atom. The van der Waals surface area contributed by atoms with Gasteiger partial charge >= 0.3 is 0 Å². The minimum atomic E-state index is -0.194. The molecule has 0 bridgehead atoms. The summed E-state index contributed by atoms with van der Waals surface area (Å²) in [4.78, 5) is 12.3. The Balaban J connectivity index is 1.71. The van der Waals surface area contributed by atoms with E-state index in [0.717, 1.165) is 17.4 Å². The highest BCUT2D eigenvalue weighted by atomic mass is 35.5.